The number of thiazole rings is 1. The Morgan fingerprint density at radius 2 is 2.10 bits per heavy atom. The molecule has 21 heavy (non-hydrogen) atoms. The van der Waals surface area contributed by atoms with E-state index in [0.717, 1.165) is 11.4 Å². The Kier molecular flexibility index (Phi) is 3.57. The van der Waals surface area contributed by atoms with Gasteiger partial charge < -0.3 is 10.1 Å². The van der Waals surface area contributed by atoms with E-state index in [0.29, 0.717) is 22.0 Å². The van der Waals surface area contributed by atoms with Crippen molar-refractivity contribution >= 4 is 32.4 Å². The van der Waals surface area contributed by atoms with Crippen LogP contribution in [0.4, 0.5) is 10.8 Å². The number of nitrogens with zero attached hydrogens (tertiary/aromatic N) is 3. The van der Waals surface area contributed by atoms with Crippen LogP contribution in [0, 0.1) is 0 Å². The van der Waals surface area contributed by atoms with Crippen LogP contribution in [0.25, 0.3) is 10.2 Å². The minimum absolute atomic E-state index is 0.134. The number of ether oxygens (including phenoxy) is 1. The molecule has 0 unspecified atom stereocenters. The second-order valence-electron chi connectivity index (χ2n) is 4.39. The van der Waals surface area contributed by atoms with Crippen LogP contribution in [0.3, 0.4) is 0 Å². The van der Waals surface area contributed by atoms with E-state index >= 15 is 0 Å². The summed E-state index contributed by atoms with van der Waals surface area (Å²) < 4.78 is 7.30. The van der Waals surface area contributed by atoms with E-state index in [-0.39, 0.29) is 5.56 Å². The number of anilines is 2. The van der Waals surface area contributed by atoms with Gasteiger partial charge in [0.2, 0.25) is 0 Å². The van der Waals surface area contributed by atoms with E-state index in [1.165, 1.54) is 16.0 Å². The van der Waals surface area contributed by atoms with Gasteiger partial charge in [-0.3, -0.25) is 4.79 Å². The minimum Gasteiger partial charge on any atom is -0.494 e. The SMILES string of the molecule is CCOc1ccc(Nc2nc3cnn(C)c(=O)c3s2)cc1. The van der Waals surface area contributed by atoms with Gasteiger partial charge >= 0.3 is 0 Å². The zero-order chi connectivity index (χ0) is 14.8. The topological polar surface area (TPSA) is 69.0 Å². The quantitative estimate of drug-likeness (QED) is 0.802. The maximum atomic E-state index is 11.9. The molecular weight excluding hydrogens is 288 g/mol. The first-order valence-electron chi connectivity index (χ1n) is 6.50. The number of benzene rings is 1. The fraction of sp³-hybridized carbons (Fsp3) is 0.214. The van der Waals surface area contributed by atoms with Crippen LogP contribution in [0.2, 0.25) is 0 Å². The average molecular weight is 302 g/mol. The van der Waals surface area contributed by atoms with Crippen molar-refractivity contribution in [1.82, 2.24) is 14.8 Å². The number of hydrogen-bond donors (Lipinski definition) is 1. The monoisotopic (exact) mass is 302 g/mol. The summed E-state index contributed by atoms with van der Waals surface area (Å²) in [5.74, 6) is 0.824. The lowest BCUT2D eigenvalue weighted by atomic mass is 10.3. The van der Waals surface area contributed by atoms with E-state index in [4.69, 9.17) is 4.74 Å². The molecule has 108 valence electrons. The van der Waals surface area contributed by atoms with Crippen molar-refractivity contribution in [2.24, 2.45) is 7.05 Å². The van der Waals surface area contributed by atoms with Crippen LogP contribution in [-0.4, -0.2) is 21.4 Å². The summed E-state index contributed by atoms with van der Waals surface area (Å²) in [7, 11) is 1.63. The largest absolute Gasteiger partial charge is 0.494 e. The maximum absolute atomic E-state index is 11.9. The molecule has 3 rings (SSSR count). The highest BCUT2D eigenvalue weighted by molar-refractivity contribution is 7.22. The van der Waals surface area contributed by atoms with Crippen molar-refractivity contribution in [2.45, 2.75) is 6.92 Å². The van der Waals surface area contributed by atoms with E-state index in [9.17, 15) is 4.79 Å². The summed E-state index contributed by atoms with van der Waals surface area (Å²) in [4.78, 5) is 16.3. The fourth-order valence-electron chi connectivity index (χ4n) is 1.89. The lowest BCUT2D eigenvalue weighted by molar-refractivity contribution is 0.340. The van der Waals surface area contributed by atoms with Crippen LogP contribution >= 0.6 is 11.3 Å². The summed E-state index contributed by atoms with van der Waals surface area (Å²) in [6, 6.07) is 7.60. The van der Waals surface area contributed by atoms with Gasteiger partial charge in [0, 0.05) is 12.7 Å². The Labute approximate surface area is 125 Å². The predicted molar refractivity (Wildman–Crippen MR) is 83.5 cm³/mol. The van der Waals surface area contributed by atoms with Crippen molar-refractivity contribution in [1.29, 1.82) is 0 Å². The molecule has 0 fully saturated rings. The normalized spacial score (nSPS) is 10.8. The highest BCUT2D eigenvalue weighted by Crippen LogP contribution is 2.26. The van der Waals surface area contributed by atoms with Crippen LogP contribution < -0.4 is 15.6 Å². The van der Waals surface area contributed by atoms with Crippen LogP contribution in [0.5, 0.6) is 5.75 Å². The van der Waals surface area contributed by atoms with Crippen molar-refractivity contribution in [3.8, 4) is 5.75 Å². The Morgan fingerprint density at radius 1 is 1.33 bits per heavy atom. The average Bonchev–Trinajstić information content (AvgIpc) is 2.89. The molecule has 0 aliphatic heterocycles. The maximum Gasteiger partial charge on any atom is 0.286 e. The molecular formula is C14H14N4O2S. The fourth-order valence-corrected chi connectivity index (χ4v) is 2.82. The first-order valence-corrected chi connectivity index (χ1v) is 7.32. The molecule has 0 radical (unpaired) electrons. The van der Waals surface area contributed by atoms with Gasteiger partial charge in [0.05, 0.1) is 12.8 Å². The molecule has 2 aromatic heterocycles. The first kappa shape index (κ1) is 13.6. The number of rotatable bonds is 4. The van der Waals surface area contributed by atoms with Crippen LogP contribution in [-0.2, 0) is 7.05 Å². The predicted octanol–water partition coefficient (Wildman–Crippen LogP) is 2.53. The molecule has 0 spiro atoms. The van der Waals surface area contributed by atoms with E-state index in [2.05, 4.69) is 15.4 Å². The van der Waals surface area contributed by atoms with Crippen molar-refractivity contribution in [3.63, 3.8) is 0 Å². The van der Waals surface area contributed by atoms with Crippen molar-refractivity contribution in [3.05, 3.63) is 40.8 Å². The molecule has 1 aromatic carbocycles. The van der Waals surface area contributed by atoms with E-state index in [1.807, 2.05) is 31.2 Å². The zero-order valence-electron chi connectivity index (χ0n) is 11.7. The lowest BCUT2D eigenvalue weighted by Gasteiger charge is -2.05. The molecule has 0 saturated heterocycles. The van der Waals surface area contributed by atoms with Gasteiger partial charge in [-0.2, -0.15) is 5.10 Å². The summed E-state index contributed by atoms with van der Waals surface area (Å²) in [5, 5.41) is 7.81. The molecule has 0 aliphatic carbocycles. The number of aromatic nitrogens is 3. The molecule has 0 aliphatic rings. The summed E-state index contributed by atoms with van der Waals surface area (Å²) in [6.45, 7) is 2.59. The van der Waals surface area contributed by atoms with E-state index in [1.54, 1.807) is 13.2 Å². The molecule has 6 nitrogen and oxygen atoms in total. The number of nitrogens with one attached hydrogen (secondary N) is 1. The Hall–Kier alpha value is -2.41. The molecule has 0 atom stereocenters. The molecule has 0 bridgehead atoms. The number of aryl methyl sites for hydroxylation is 1. The highest BCUT2D eigenvalue weighted by Gasteiger charge is 2.09. The van der Waals surface area contributed by atoms with Crippen molar-refractivity contribution in [2.75, 3.05) is 11.9 Å². The van der Waals surface area contributed by atoms with Gasteiger partial charge in [-0.15, -0.1) is 0 Å². The summed E-state index contributed by atoms with van der Waals surface area (Å²) in [6.07, 6.45) is 1.59. The van der Waals surface area contributed by atoms with Crippen molar-refractivity contribution < 1.29 is 4.74 Å². The van der Waals surface area contributed by atoms with Gasteiger partial charge in [-0.1, -0.05) is 11.3 Å². The smallest absolute Gasteiger partial charge is 0.286 e. The minimum atomic E-state index is -0.134. The zero-order valence-corrected chi connectivity index (χ0v) is 12.5. The second kappa shape index (κ2) is 5.53. The van der Waals surface area contributed by atoms with Crippen LogP contribution in [0.1, 0.15) is 6.92 Å². The molecule has 0 saturated carbocycles. The third-order valence-electron chi connectivity index (χ3n) is 2.91. The van der Waals surface area contributed by atoms with E-state index < -0.39 is 0 Å². The Balaban J connectivity index is 1.87. The third kappa shape index (κ3) is 2.73. The Bertz CT molecular complexity index is 823. The number of hydrogen-bond acceptors (Lipinski definition) is 6. The summed E-state index contributed by atoms with van der Waals surface area (Å²) >= 11 is 1.32. The molecule has 0 amide bonds. The van der Waals surface area contributed by atoms with Gasteiger partial charge in [0.25, 0.3) is 5.56 Å². The third-order valence-corrected chi connectivity index (χ3v) is 3.89. The van der Waals surface area contributed by atoms with Gasteiger partial charge in [0.15, 0.2) is 5.13 Å². The first-order chi connectivity index (χ1) is 10.2. The highest BCUT2D eigenvalue weighted by atomic mass is 32.1. The lowest BCUT2D eigenvalue weighted by Crippen LogP contribution is -2.17. The molecule has 2 heterocycles. The Morgan fingerprint density at radius 3 is 2.81 bits per heavy atom. The second-order valence-corrected chi connectivity index (χ2v) is 5.39. The number of fused-ring (bicyclic) bond motifs is 1. The molecule has 3 aromatic rings. The van der Waals surface area contributed by atoms with Gasteiger partial charge in [0.1, 0.15) is 16.0 Å². The molecule has 7 heteroatoms. The van der Waals surface area contributed by atoms with Gasteiger partial charge in [-0.05, 0) is 31.2 Å². The molecule has 1 N–H and O–H groups in total. The summed E-state index contributed by atoms with van der Waals surface area (Å²) in [5.41, 5.74) is 1.36. The van der Waals surface area contributed by atoms with Crippen LogP contribution in [0.15, 0.2) is 35.3 Å². The standard InChI is InChI=1S/C14H14N4O2S/c1-3-20-10-6-4-9(5-7-10)16-14-17-11-8-15-18(2)13(19)12(11)21-14/h4-8H,3H2,1-2H3,(H,16,17). The van der Waals surface area contributed by atoms with Gasteiger partial charge in [-0.25, -0.2) is 9.67 Å².